The number of benzene rings is 1. The van der Waals surface area contributed by atoms with Crippen LogP contribution in [0.5, 0.6) is 0 Å². The van der Waals surface area contributed by atoms with Gasteiger partial charge in [-0.2, -0.15) is 0 Å². The van der Waals surface area contributed by atoms with Crippen molar-refractivity contribution in [3.05, 3.63) is 47.9 Å². The molecule has 0 unspecified atom stereocenters. The highest BCUT2D eigenvalue weighted by Gasteiger charge is 2.41. The number of nitrogens with zero attached hydrogens (tertiary/aromatic N) is 3. The molecule has 33 heavy (non-hydrogen) atoms. The zero-order valence-corrected chi connectivity index (χ0v) is 19.6. The molecule has 2 fully saturated rings. The lowest BCUT2D eigenvalue weighted by Gasteiger charge is -2.37. The number of aromatic nitrogens is 2. The number of carbonyl (C=O) groups is 1. The van der Waals surface area contributed by atoms with Gasteiger partial charge < -0.3 is 14.4 Å². The Kier molecular flexibility index (Phi) is 5.58. The van der Waals surface area contributed by atoms with E-state index in [1.165, 1.54) is 0 Å². The number of rotatable bonds is 4. The Morgan fingerprint density at radius 3 is 2.39 bits per heavy atom. The number of hydrogen-bond donors (Lipinski definition) is 0. The van der Waals surface area contributed by atoms with Gasteiger partial charge in [0.1, 0.15) is 0 Å². The number of amides is 1. The standard InChI is InChI=1S/C24H27N3O5S/c1-16(2)33(29,30)18-5-3-17(4-6-18)21-15-25-20-8-7-19(22(20)26-21)23(28)27-11-9-24(10-12-27)31-13-14-32-24/h3-7,15-16H,8-14H2,1-2H3. The smallest absolute Gasteiger partial charge is 0.255 e. The predicted octanol–water partition coefficient (Wildman–Crippen LogP) is 2.63. The maximum Gasteiger partial charge on any atom is 0.255 e. The lowest BCUT2D eigenvalue weighted by molar-refractivity contribution is -0.186. The third-order valence-electron chi connectivity index (χ3n) is 6.56. The molecule has 0 atom stereocenters. The Bertz CT molecular complexity index is 1210. The number of piperidine rings is 1. The van der Waals surface area contributed by atoms with Gasteiger partial charge in [-0.05, 0) is 26.0 Å². The van der Waals surface area contributed by atoms with Crippen molar-refractivity contribution in [2.45, 2.75) is 49.0 Å². The van der Waals surface area contributed by atoms with E-state index in [2.05, 4.69) is 4.98 Å². The third-order valence-corrected chi connectivity index (χ3v) is 8.73. The van der Waals surface area contributed by atoms with Crippen LogP contribution in [0.2, 0.25) is 0 Å². The van der Waals surface area contributed by atoms with E-state index < -0.39 is 20.9 Å². The number of sulfone groups is 1. The number of allylic oxidation sites excluding steroid dienone is 1. The van der Waals surface area contributed by atoms with E-state index in [0.29, 0.717) is 62.5 Å². The molecule has 9 heteroatoms. The van der Waals surface area contributed by atoms with E-state index in [1.807, 2.05) is 11.0 Å². The first kappa shape index (κ1) is 22.2. The average molecular weight is 470 g/mol. The Labute approximate surface area is 193 Å². The van der Waals surface area contributed by atoms with Crippen LogP contribution in [0.1, 0.15) is 38.1 Å². The molecule has 1 aromatic heterocycles. The van der Waals surface area contributed by atoms with Crippen LogP contribution in [0.25, 0.3) is 16.8 Å². The molecule has 5 rings (SSSR count). The molecular weight excluding hydrogens is 442 g/mol. The summed E-state index contributed by atoms with van der Waals surface area (Å²) < 4.78 is 36.3. The Balaban J connectivity index is 1.35. The fourth-order valence-electron chi connectivity index (χ4n) is 4.50. The minimum Gasteiger partial charge on any atom is -0.347 e. The fourth-order valence-corrected chi connectivity index (χ4v) is 5.56. The quantitative estimate of drug-likeness (QED) is 0.679. The van der Waals surface area contributed by atoms with Gasteiger partial charge in [0.2, 0.25) is 0 Å². The molecule has 3 heterocycles. The fraction of sp³-hybridized carbons (Fsp3) is 0.458. The summed E-state index contributed by atoms with van der Waals surface area (Å²) in [5.74, 6) is -0.576. The van der Waals surface area contributed by atoms with Crippen molar-refractivity contribution >= 4 is 21.3 Å². The van der Waals surface area contributed by atoms with Gasteiger partial charge >= 0.3 is 0 Å². The topological polar surface area (TPSA) is 98.7 Å². The molecule has 3 aliphatic rings. The van der Waals surface area contributed by atoms with Gasteiger partial charge in [0, 0.05) is 37.9 Å². The second kappa shape index (κ2) is 8.30. The molecular formula is C24H27N3O5S. The highest BCUT2D eigenvalue weighted by atomic mass is 32.2. The summed E-state index contributed by atoms with van der Waals surface area (Å²) in [5, 5.41) is -0.488. The highest BCUT2D eigenvalue weighted by Crippen LogP contribution is 2.34. The summed E-state index contributed by atoms with van der Waals surface area (Å²) in [7, 11) is -3.34. The molecule has 1 spiro atoms. The van der Waals surface area contributed by atoms with Gasteiger partial charge in [0.25, 0.3) is 5.91 Å². The maximum absolute atomic E-state index is 13.3. The second-order valence-electron chi connectivity index (χ2n) is 8.89. The molecule has 1 aromatic carbocycles. The predicted molar refractivity (Wildman–Crippen MR) is 122 cm³/mol. The first-order chi connectivity index (χ1) is 15.8. The van der Waals surface area contributed by atoms with Crippen LogP contribution < -0.4 is 0 Å². The van der Waals surface area contributed by atoms with Crippen LogP contribution in [-0.4, -0.2) is 66.5 Å². The number of fused-ring (bicyclic) bond motifs is 1. The molecule has 1 amide bonds. The molecule has 2 saturated heterocycles. The van der Waals surface area contributed by atoms with Crippen LogP contribution in [0, 0.1) is 0 Å². The lowest BCUT2D eigenvalue weighted by Crippen LogP contribution is -2.47. The second-order valence-corrected chi connectivity index (χ2v) is 11.4. The third kappa shape index (κ3) is 3.98. The average Bonchev–Trinajstić information content (AvgIpc) is 3.46. The molecule has 2 aromatic rings. The minimum absolute atomic E-state index is 0.0496. The van der Waals surface area contributed by atoms with Gasteiger partial charge in [-0.3, -0.25) is 9.78 Å². The zero-order chi connectivity index (χ0) is 23.2. The van der Waals surface area contributed by atoms with Gasteiger partial charge in [0.05, 0.1) is 52.2 Å². The lowest BCUT2D eigenvalue weighted by atomic mass is 10.0. The Morgan fingerprint density at radius 2 is 1.76 bits per heavy atom. The molecule has 0 bridgehead atoms. The molecule has 2 aliphatic heterocycles. The number of carbonyl (C=O) groups excluding carboxylic acids is 1. The van der Waals surface area contributed by atoms with Crippen LogP contribution in [0.4, 0.5) is 0 Å². The van der Waals surface area contributed by atoms with Crippen LogP contribution in [-0.2, 0) is 30.5 Å². The first-order valence-corrected chi connectivity index (χ1v) is 12.8. The van der Waals surface area contributed by atoms with E-state index in [4.69, 9.17) is 14.5 Å². The van der Waals surface area contributed by atoms with E-state index in [-0.39, 0.29) is 10.8 Å². The Morgan fingerprint density at radius 1 is 1.09 bits per heavy atom. The minimum atomic E-state index is -3.34. The summed E-state index contributed by atoms with van der Waals surface area (Å²) >= 11 is 0. The van der Waals surface area contributed by atoms with Crippen molar-refractivity contribution in [1.29, 1.82) is 0 Å². The number of ether oxygens (including phenoxy) is 2. The largest absolute Gasteiger partial charge is 0.347 e. The van der Waals surface area contributed by atoms with Gasteiger partial charge in [-0.25, -0.2) is 13.4 Å². The number of likely N-dealkylation sites (tertiary alicyclic amines) is 1. The normalized spacial score (nSPS) is 19.7. The summed E-state index contributed by atoms with van der Waals surface area (Å²) in [6.07, 6.45) is 5.46. The molecule has 174 valence electrons. The van der Waals surface area contributed by atoms with Crippen molar-refractivity contribution in [2.24, 2.45) is 0 Å². The molecule has 1 aliphatic carbocycles. The summed E-state index contributed by atoms with van der Waals surface area (Å²) in [5.41, 5.74) is 3.31. The van der Waals surface area contributed by atoms with Gasteiger partial charge in [-0.15, -0.1) is 0 Å². The van der Waals surface area contributed by atoms with E-state index in [9.17, 15) is 13.2 Å². The van der Waals surface area contributed by atoms with Gasteiger partial charge in [0.15, 0.2) is 15.6 Å². The molecule has 0 radical (unpaired) electrons. The van der Waals surface area contributed by atoms with Crippen molar-refractivity contribution in [1.82, 2.24) is 14.9 Å². The van der Waals surface area contributed by atoms with Crippen molar-refractivity contribution in [2.75, 3.05) is 26.3 Å². The first-order valence-electron chi connectivity index (χ1n) is 11.3. The van der Waals surface area contributed by atoms with Crippen molar-refractivity contribution < 1.29 is 22.7 Å². The molecule has 0 N–H and O–H groups in total. The monoisotopic (exact) mass is 469 g/mol. The van der Waals surface area contributed by atoms with Gasteiger partial charge in [-0.1, -0.05) is 18.2 Å². The summed E-state index contributed by atoms with van der Waals surface area (Å²) in [4.78, 5) is 24.7. The number of hydrogen-bond acceptors (Lipinski definition) is 7. The van der Waals surface area contributed by atoms with Crippen molar-refractivity contribution in [3.8, 4) is 11.3 Å². The Hall–Kier alpha value is -2.62. The molecule has 0 saturated carbocycles. The highest BCUT2D eigenvalue weighted by molar-refractivity contribution is 7.92. The van der Waals surface area contributed by atoms with E-state index >= 15 is 0 Å². The summed E-state index contributed by atoms with van der Waals surface area (Å²) in [6, 6.07) is 6.66. The van der Waals surface area contributed by atoms with Crippen LogP contribution in [0.15, 0.2) is 41.4 Å². The zero-order valence-electron chi connectivity index (χ0n) is 18.8. The van der Waals surface area contributed by atoms with Crippen molar-refractivity contribution in [3.63, 3.8) is 0 Å². The SMILES string of the molecule is CC(C)S(=O)(=O)c1ccc(-c2cnc3c(n2)C(C(=O)N2CCC4(CC2)OCCO4)=CC3)cc1. The maximum atomic E-state index is 13.3. The summed E-state index contributed by atoms with van der Waals surface area (Å²) in [6.45, 7) is 5.69. The van der Waals surface area contributed by atoms with Crippen LogP contribution >= 0.6 is 0 Å². The van der Waals surface area contributed by atoms with E-state index in [1.54, 1.807) is 44.3 Å². The molecule has 8 nitrogen and oxygen atoms in total. The van der Waals surface area contributed by atoms with Crippen LogP contribution in [0.3, 0.4) is 0 Å². The van der Waals surface area contributed by atoms with E-state index in [0.717, 1.165) is 11.3 Å².